The average molecular weight is 515 g/mol. The molecule has 2 fully saturated rings. The lowest BCUT2D eigenvalue weighted by Crippen LogP contribution is -2.67. The summed E-state index contributed by atoms with van der Waals surface area (Å²) in [5.41, 5.74) is 0.578. The Kier molecular flexibility index (Phi) is 9.48. The van der Waals surface area contributed by atoms with Gasteiger partial charge >= 0.3 is 0 Å². The van der Waals surface area contributed by atoms with Crippen LogP contribution in [0.1, 0.15) is 53.0 Å². The van der Waals surface area contributed by atoms with Crippen LogP contribution in [0.15, 0.2) is 48.0 Å². The molecule has 2 amide bonds. The molecule has 0 aliphatic carbocycles. The minimum atomic E-state index is -0.607. The Hall–Kier alpha value is -3.20. The SMILES string of the molecule is CC(=O)/C(=C\N1CC2N(CC(C)C)CCC(CC(C)C)N2C(=O)/C1=C\O)C(=O)NCc1ccc(F)cc1. The topological polar surface area (TPSA) is 93.2 Å². The van der Waals surface area contributed by atoms with Crippen molar-refractivity contribution in [3.8, 4) is 0 Å². The normalized spacial score (nSPS) is 22.1. The lowest BCUT2D eigenvalue weighted by Gasteiger charge is -2.53. The van der Waals surface area contributed by atoms with Crippen LogP contribution in [0.2, 0.25) is 0 Å². The Morgan fingerprint density at radius 2 is 1.84 bits per heavy atom. The molecule has 0 bridgehead atoms. The summed E-state index contributed by atoms with van der Waals surface area (Å²) in [4.78, 5) is 44.8. The van der Waals surface area contributed by atoms with Gasteiger partial charge in [0.2, 0.25) is 0 Å². The standard InChI is InChI=1S/C28H39FN4O4/c1-18(2)12-23-10-11-31(14-19(3)4)26-16-32(25(17-34)28(37)33(23)26)15-24(20(5)35)27(36)30-13-21-6-8-22(29)9-7-21/h6-9,15,17-19,23,26,34H,10-14,16H2,1-5H3,(H,30,36)/b24-15+,25-17+. The van der Waals surface area contributed by atoms with Gasteiger partial charge in [0.1, 0.15) is 23.9 Å². The Balaban J connectivity index is 1.89. The first-order chi connectivity index (χ1) is 17.5. The van der Waals surface area contributed by atoms with E-state index in [9.17, 15) is 23.9 Å². The number of piperazine rings is 1. The van der Waals surface area contributed by atoms with Gasteiger partial charge in [0.15, 0.2) is 5.78 Å². The van der Waals surface area contributed by atoms with Crippen molar-refractivity contribution in [1.82, 2.24) is 20.0 Å². The number of ketones is 1. The van der Waals surface area contributed by atoms with Crippen molar-refractivity contribution < 1.29 is 23.9 Å². The number of aliphatic hydroxyl groups excluding tert-OH is 1. The predicted molar refractivity (Wildman–Crippen MR) is 139 cm³/mol. The first kappa shape index (κ1) is 28.4. The molecule has 9 heteroatoms. The zero-order valence-corrected chi connectivity index (χ0v) is 22.4. The highest BCUT2D eigenvalue weighted by molar-refractivity contribution is 6.18. The van der Waals surface area contributed by atoms with Crippen LogP contribution in [-0.4, -0.2) is 69.2 Å². The van der Waals surface area contributed by atoms with Gasteiger partial charge in [0.05, 0.1) is 12.1 Å². The quantitative estimate of drug-likeness (QED) is 0.227. The number of aliphatic hydroxyl groups is 1. The van der Waals surface area contributed by atoms with Crippen molar-refractivity contribution >= 4 is 17.6 Å². The molecule has 8 nitrogen and oxygen atoms in total. The number of nitrogens with zero attached hydrogens (tertiary/aromatic N) is 3. The van der Waals surface area contributed by atoms with E-state index in [4.69, 9.17) is 0 Å². The number of hydrogen-bond acceptors (Lipinski definition) is 6. The van der Waals surface area contributed by atoms with E-state index >= 15 is 0 Å². The third-order valence-electron chi connectivity index (χ3n) is 6.75. The highest BCUT2D eigenvalue weighted by atomic mass is 19.1. The minimum Gasteiger partial charge on any atom is -0.513 e. The third kappa shape index (κ3) is 6.97. The zero-order valence-electron chi connectivity index (χ0n) is 22.4. The maximum absolute atomic E-state index is 13.7. The largest absolute Gasteiger partial charge is 0.513 e. The molecule has 2 unspecified atom stereocenters. The highest BCUT2D eigenvalue weighted by Gasteiger charge is 2.45. The second kappa shape index (κ2) is 12.4. The summed E-state index contributed by atoms with van der Waals surface area (Å²) >= 11 is 0. The van der Waals surface area contributed by atoms with Crippen LogP contribution in [0.25, 0.3) is 0 Å². The van der Waals surface area contributed by atoms with Crippen molar-refractivity contribution in [2.75, 3.05) is 19.6 Å². The minimum absolute atomic E-state index is 0.0292. The fourth-order valence-corrected chi connectivity index (χ4v) is 5.11. The summed E-state index contributed by atoms with van der Waals surface area (Å²) in [5.74, 6) is -0.972. The molecule has 1 aromatic carbocycles. The number of halogens is 1. The molecule has 2 aliphatic heterocycles. The van der Waals surface area contributed by atoms with E-state index in [1.54, 1.807) is 12.1 Å². The van der Waals surface area contributed by atoms with Gasteiger partial charge in [-0.25, -0.2) is 4.39 Å². The molecular weight excluding hydrogens is 475 g/mol. The van der Waals surface area contributed by atoms with Crippen molar-refractivity contribution in [2.45, 2.75) is 66.2 Å². The van der Waals surface area contributed by atoms with E-state index in [0.29, 0.717) is 23.9 Å². The van der Waals surface area contributed by atoms with Gasteiger partial charge in [-0.1, -0.05) is 39.8 Å². The molecule has 2 atom stereocenters. The van der Waals surface area contributed by atoms with Crippen LogP contribution in [-0.2, 0) is 20.9 Å². The average Bonchev–Trinajstić information content (AvgIpc) is 2.82. The van der Waals surface area contributed by atoms with Crippen molar-refractivity contribution in [3.63, 3.8) is 0 Å². The van der Waals surface area contributed by atoms with Crippen LogP contribution in [0.3, 0.4) is 0 Å². The van der Waals surface area contributed by atoms with Gasteiger partial charge in [-0.15, -0.1) is 0 Å². The van der Waals surface area contributed by atoms with E-state index in [0.717, 1.165) is 32.2 Å². The first-order valence-corrected chi connectivity index (χ1v) is 12.9. The summed E-state index contributed by atoms with van der Waals surface area (Å²) in [6.45, 7) is 11.9. The smallest absolute Gasteiger partial charge is 0.275 e. The van der Waals surface area contributed by atoms with Gasteiger partial charge in [-0.2, -0.15) is 0 Å². The Bertz CT molecular complexity index is 1050. The van der Waals surface area contributed by atoms with E-state index in [-0.39, 0.29) is 41.7 Å². The number of fused-ring (bicyclic) bond motifs is 1. The molecule has 202 valence electrons. The number of Topliss-reactive ketones (excluding diaryl/α,β-unsaturated/α-hetero) is 1. The molecule has 37 heavy (non-hydrogen) atoms. The highest BCUT2D eigenvalue weighted by Crippen LogP contribution is 2.32. The zero-order chi connectivity index (χ0) is 27.3. The monoisotopic (exact) mass is 514 g/mol. The van der Waals surface area contributed by atoms with Gasteiger partial charge in [-0.05, 0) is 49.3 Å². The van der Waals surface area contributed by atoms with Gasteiger partial charge < -0.3 is 20.2 Å². The molecule has 2 heterocycles. The number of amides is 2. The fraction of sp³-hybridized carbons (Fsp3) is 0.536. The molecule has 0 radical (unpaired) electrons. The first-order valence-electron chi connectivity index (χ1n) is 12.9. The molecule has 0 spiro atoms. The summed E-state index contributed by atoms with van der Waals surface area (Å²) in [6, 6.07) is 5.75. The third-order valence-corrected chi connectivity index (χ3v) is 6.75. The molecule has 1 aromatic rings. The summed E-state index contributed by atoms with van der Waals surface area (Å²) in [6.07, 6.45) is 3.59. The van der Waals surface area contributed by atoms with Crippen LogP contribution in [0.5, 0.6) is 0 Å². The lowest BCUT2D eigenvalue weighted by molar-refractivity contribution is -0.151. The van der Waals surface area contributed by atoms with Crippen LogP contribution in [0.4, 0.5) is 4.39 Å². The second-order valence-corrected chi connectivity index (χ2v) is 10.7. The van der Waals surface area contributed by atoms with Crippen LogP contribution in [0, 0.1) is 17.7 Å². The summed E-state index contributed by atoms with van der Waals surface area (Å²) in [5, 5.41) is 12.7. The van der Waals surface area contributed by atoms with Gasteiger partial charge in [0, 0.05) is 31.9 Å². The number of benzene rings is 1. The van der Waals surface area contributed by atoms with Crippen molar-refractivity contribution in [3.05, 3.63) is 59.4 Å². The number of hydrogen-bond donors (Lipinski definition) is 2. The molecule has 0 aromatic heterocycles. The fourth-order valence-electron chi connectivity index (χ4n) is 5.11. The van der Waals surface area contributed by atoms with Crippen LogP contribution >= 0.6 is 0 Å². The molecule has 2 saturated heterocycles. The second-order valence-electron chi connectivity index (χ2n) is 10.7. The number of carbonyl (C=O) groups excluding carboxylic acids is 3. The van der Waals surface area contributed by atoms with E-state index < -0.39 is 11.7 Å². The molecule has 0 saturated carbocycles. The van der Waals surface area contributed by atoms with Gasteiger partial charge in [0.25, 0.3) is 11.8 Å². The molecule has 3 rings (SSSR count). The maximum atomic E-state index is 13.7. The van der Waals surface area contributed by atoms with Gasteiger partial charge in [-0.3, -0.25) is 19.3 Å². The summed E-state index contributed by atoms with van der Waals surface area (Å²) < 4.78 is 13.2. The number of nitrogens with one attached hydrogen (secondary N) is 1. The van der Waals surface area contributed by atoms with E-state index in [2.05, 4.69) is 37.9 Å². The maximum Gasteiger partial charge on any atom is 0.275 e. The Labute approximate surface area is 218 Å². The van der Waals surface area contributed by atoms with E-state index in [1.165, 1.54) is 30.2 Å². The number of rotatable bonds is 9. The molecular formula is C28H39FN4O4. The van der Waals surface area contributed by atoms with Crippen molar-refractivity contribution in [1.29, 1.82) is 0 Å². The number of carbonyl (C=O) groups is 3. The Morgan fingerprint density at radius 3 is 2.41 bits per heavy atom. The summed E-state index contributed by atoms with van der Waals surface area (Å²) in [7, 11) is 0. The van der Waals surface area contributed by atoms with Crippen molar-refractivity contribution in [2.24, 2.45) is 11.8 Å². The van der Waals surface area contributed by atoms with Crippen LogP contribution < -0.4 is 5.32 Å². The Morgan fingerprint density at radius 1 is 1.16 bits per heavy atom. The lowest BCUT2D eigenvalue weighted by atomic mass is 9.94. The van der Waals surface area contributed by atoms with E-state index in [1.807, 2.05) is 4.90 Å². The molecule has 2 aliphatic rings. The predicted octanol–water partition coefficient (Wildman–Crippen LogP) is 3.56. The molecule has 2 N–H and O–H groups in total.